The van der Waals surface area contributed by atoms with E-state index in [1.54, 1.807) is 17.9 Å². The van der Waals surface area contributed by atoms with Gasteiger partial charge in [0.2, 0.25) is 11.8 Å². The number of nitrogens with one attached hydrogen (secondary N) is 1. The molecule has 7 heteroatoms. The molecule has 2 rings (SSSR count). The van der Waals surface area contributed by atoms with E-state index in [-0.39, 0.29) is 11.8 Å². The molecule has 0 aromatic heterocycles. The van der Waals surface area contributed by atoms with E-state index in [1.807, 2.05) is 42.5 Å². The second kappa shape index (κ2) is 13.7. The van der Waals surface area contributed by atoms with Crippen molar-refractivity contribution in [2.24, 2.45) is 0 Å². The Morgan fingerprint density at radius 1 is 1.06 bits per heavy atom. The van der Waals surface area contributed by atoms with Crippen molar-refractivity contribution in [2.45, 2.75) is 44.9 Å². The Labute approximate surface area is 199 Å². The Kier molecular flexibility index (Phi) is 11.3. The Hall–Kier alpha value is -1.69. The number of halogens is 2. The number of carbonyl (C=O) groups excluding carboxylic acids is 2. The lowest BCUT2D eigenvalue weighted by molar-refractivity contribution is -0.137. The zero-order chi connectivity index (χ0) is 22.6. The summed E-state index contributed by atoms with van der Waals surface area (Å²) in [5.74, 6) is 0.789. The van der Waals surface area contributed by atoms with Crippen LogP contribution in [-0.4, -0.2) is 41.6 Å². The minimum absolute atomic E-state index is 0.0425. The number of carbonyl (C=O) groups is 2. The number of nitrogens with zero attached hydrogens (tertiary/aromatic N) is 1. The van der Waals surface area contributed by atoms with E-state index < -0.39 is 6.04 Å². The second-order valence-electron chi connectivity index (χ2n) is 7.38. The summed E-state index contributed by atoms with van der Waals surface area (Å²) in [6.07, 6.45) is 2.64. The van der Waals surface area contributed by atoms with E-state index in [0.29, 0.717) is 41.1 Å². The van der Waals surface area contributed by atoms with Gasteiger partial charge >= 0.3 is 0 Å². The van der Waals surface area contributed by atoms with Crippen molar-refractivity contribution in [3.63, 3.8) is 0 Å². The third kappa shape index (κ3) is 8.76. The molecule has 2 aromatic carbocycles. The lowest BCUT2D eigenvalue weighted by Crippen LogP contribution is -2.49. The molecule has 4 nitrogen and oxygen atoms in total. The lowest BCUT2D eigenvalue weighted by Gasteiger charge is -2.28. The second-order valence-corrected chi connectivity index (χ2v) is 9.18. The normalized spacial score (nSPS) is 11.7. The molecule has 0 saturated carbocycles. The maximum absolute atomic E-state index is 13.0. The summed E-state index contributed by atoms with van der Waals surface area (Å²) >= 11 is 13.5. The molecule has 0 heterocycles. The highest BCUT2D eigenvalue weighted by molar-refractivity contribution is 7.99. The molecule has 0 aliphatic carbocycles. The number of hydrogen-bond acceptors (Lipinski definition) is 3. The molecule has 1 N–H and O–H groups in total. The largest absolute Gasteiger partial charge is 0.354 e. The Morgan fingerprint density at radius 3 is 2.48 bits per heavy atom. The highest BCUT2D eigenvalue weighted by Crippen LogP contribution is 2.25. The number of amides is 2. The fourth-order valence-electron chi connectivity index (χ4n) is 3.07. The highest BCUT2D eigenvalue weighted by Gasteiger charge is 2.25. The van der Waals surface area contributed by atoms with E-state index in [0.717, 1.165) is 24.0 Å². The predicted molar refractivity (Wildman–Crippen MR) is 132 cm³/mol. The van der Waals surface area contributed by atoms with Crippen LogP contribution in [0.2, 0.25) is 10.0 Å². The smallest absolute Gasteiger partial charge is 0.242 e. The van der Waals surface area contributed by atoms with E-state index in [1.165, 1.54) is 11.8 Å². The van der Waals surface area contributed by atoms with Crippen molar-refractivity contribution in [3.05, 3.63) is 69.7 Å². The van der Waals surface area contributed by atoms with Gasteiger partial charge in [0.25, 0.3) is 0 Å². The van der Waals surface area contributed by atoms with Gasteiger partial charge in [-0.05, 0) is 43.0 Å². The van der Waals surface area contributed by atoms with Crippen LogP contribution in [-0.2, 0) is 21.8 Å². The molecule has 0 radical (unpaired) electrons. The fourth-order valence-corrected chi connectivity index (χ4v) is 4.25. The fraction of sp³-hybridized carbons (Fsp3) is 0.417. The number of unbranched alkanes of at least 4 members (excludes halogenated alkanes) is 1. The average Bonchev–Trinajstić information content (AvgIpc) is 2.77. The van der Waals surface area contributed by atoms with Gasteiger partial charge in [-0.25, -0.2) is 0 Å². The van der Waals surface area contributed by atoms with Crippen molar-refractivity contribution in [2.75, 3.05) is 18.8 Å². The Bertz CT molecular complexity index is 849. The molecular weight excluding hydrogens is 451 g/mol. The maximum atomic E-state index is 13.0. The van der Waals surface area contributed by atoms with Crippen LogP contribution in [0.3, 0.4) is 0 Å². The van der Waals surface area contributed by atoms with Crippen LogP contribution in [0.5, 0.6) is 0 Å². The Balaban J connectivity index is 1.98. The Morgan fingerprint density at radius 2 is 1.81 bits per heavy atom. The van der Waals surface area contributed by atoms with Crippen LogP contribution < -0.4 is 5.32 Å². The van der Waals surface area contributed by atoms with Gasteiger partial charge in [-0.3, -0.25) is 9.59 Å². The molecule has 2 aromatic rings. The number of benzene rings is 2. The van der Waals surface area contributed by atoms with Crippen molar-refractivity contribution in [3.8, 4) is 0 Å². The first-order valence-electron chi connectivity index (χ1n) is 10.5. The van der Waals surface area contributed by atoms with Gasteiger partial charge in [-0.2, -0.15) is 0 Å². The average molecular weight is 481 g/mol. The van der Waals surface area contributed by atoms with Gasteiger partial charge in [0, 0.05) is 18.8 Å². The summed E-state index contributed by atoms with van der Waals surface area (Å²) < 4.78 is 0. The number of rotatable bonds is 12. The molecule has 0 spiro atoms. The van der Waals surface area contributed by atoms with Gasteiger partial charge in [0.1, 0.15) is 6.04 Å². The summed E-state index contributed by atoms with van der Waals surface area (Å²) in [7, 11) is 0. The monoisotopic (exact) mass is 480 g/mol. The van der Waals surface area contributed by atoms with Crippen molar-refractivity contribution in [1.29, 1.82) is 0 Å². The van der Waals surface area contributed by atoms with Crippen molar-refractivity contribution >= 4 is 46.8 Å². The van der Waals surface area contributed by atoms with E-state index in [4.69, 9.17) is 23.2 Å². The maximum Gasteiger partial charge on any atom is 0.242 e. The van der Waals surface area contributed by atoms with E-state index >= 15 is 0 Å². The quantitative estimate of drug-likeness (QED) is 0.402. The molecule has 1 atom stereocenters. The van der Waals surface area contributed by atoms with Crippen LogP contribution in [0.15, 0.2) is 48.5 Å². The van der Waals surface area contributed by atoms with Gasteiger partial charge in [-0.1, -0.05) is 72.9 Å². The molecular formula is C24H30Cl2N2O2S. The molecule has 168 valence electrons. The molecule has 0 aliphatic rings. The van der Waals surface area contributed by atoms with Crippen molar-refractivity contribution in [1.82, 2.24) is 10.2 Å². The van der Waals surface area contributed by atoms with Gasteiger partial charge in [0.05, 0.1) is 15.8 Å². The number of hydrogen-bond donors (Lipinski definition) is 1. The van der Waals surface area contributed by atoms with Crippen LogP contribution >= 0.6 is 35.0 Å². The van der Waals surface area contributed by atoms with Crippen molar-refractivity contribution < 1.29 is 9.59 Å². The zero-order valence-corrected chi connectivity index (χ0v) is 20.4. The first-order chi connectivity index (χ1) is 14.9. The van der Waals surface area contributed by atoms with Crippen LogP contribution in [0.25, 0.3) is 0 Å². The summed E-state index contributed by atoms with van der Waals surface area (Å²) in [4.78, 5) is 27.3. The summed E-state index contributed by atoms with van der Waals surface area (Å²) in [5, 5.41) is 3.97. The summed E-state index contributed by atoms with van der Waals surface area (Å²) in [6.45, 7) is 5.01. The molecule has 0 saturated heterocycles. The number of thioether (sulfide) groups is 1. The minimum atomic E-state index is -0.515. The first-order valence-corrected chi connectivity index (χ1v) is 12.5. The van der Waals surface area contributed by atoms with Crippen LogP contribution in [0.4, 0.5) is 0 Å². The molecule has 0 aliphatic heterocycles. The van der Waals surface area contributed by atoms with Gasteiger partial charge < -0.3 is 10.2 Å². The summed E-state index contributed by atoms with van der Waals surface area (Å²) in [6, 6.07) is 15.0. The molecule has 2 amide bonds. The highest BCUT2D eigenvalue weighted by atomic mass is 35.5. The molecule has 31 heavy (non-hydrogen) atoms. The summed E-state index contributed by atoms with van der Waals surface area (Å²) in [5.41, 5.74) is 2.15. The first kappa shape index (κ1) is 25.6. The van der Waals surface area contributed by atoms with Crippen LogP contribution in [0.1, 0.15) is 37.8 Å². The SMILES string of the molecule is CCCCNC(=O)[C@H](C)N(CCc1ccccc1)C(=O)CSCc1ccc(Cl)c(Cl)c1. The van der Waals surface area contributed by atoms with E-state index in [2.05, 4.69) is 12.2 Å². The van der Waals surface area contributed by atoms with Crippen LogP contribution in [0, 0.1) is 0 Å². The molecule has 0 fully saturated rings. The third-order valence-electron chi connectivity index (χ3n) is 4.96. The molecule has 0 unspecified atom stereocenters. The lowest BCUT2D eigenvalue weighted by atomic mass is 10.1. The third-order valence-corrected chi connectivity index (χ3v) is 6.69. The topological polar surface area (TPSA) is 49.4 Å². The van der Waals surface area contributed by atoms with E-state index in [9.17, 15) is 9.59 Å². The van der Waals surface area contributed by atoms with Gasteiger partial charge in [-0.15, -0.1) is 11.8 Å². The molecule has 0 bridgehead atoms. The predicted octanol–water partition coefficient (Wildman–Crippen LogP) is 5.60. The standard InChI is InChI=1S/C24H30Cl2N2O2S/c1-3-4-13-27-24(30)18(2)28(14-12-19-8-6-5-7-9-19)23(29)17-31-16-20-10-11-21(25)22(26)15-20/h5-11,15,18H,3-4,12-14,16-17H2,1-2H3,(H,27,30)/t18-/m0/s1. The van der Waals surface area contributed by atoms with Gasteiger partial charge in [0.15, 0.2) is 0 Å². The minimum Gasteiger partial charge on any atom is -0.354 e. The zero-order valence-electron chi connectivity index (χ0n) is 18.1.